The van der Waals surface area contributed by atoms with Crippen molar-refractivity contribution in [3.05, 3.63) is 54.1 Å². The Morgan fingerprint density at radius 1 is 0.762 bits per heavy atom. The predicted octanol–water partition coefficient (Wildman–Crippen LogP) is 6.11. The molecule has 230 valence electrons. The Kier molecular flexibility index (Phi) is 13.5. The van der Waals surface area contributed by atoms with Crippen molar-refractivity contribution in [1.29, 1.82) is 0 Å². The number of esters is 2. The highest BCUT2D eigenvalue weighted by atomic mass is 16.7. The molecular weight excluding hydrogens is 542 g/mol. The molecule has 0 amide bonds. The number of carbonyl (C=O) groups excluding carboxylic acids is 3. The fourth-order valence-electron chi connectivity index (χ4n) is 4.21. The minimum Gasteiger partial charge on any atom is -0.480 e. The molecule has 0 aliphatic rings. The quantitative estimate of drug-likeness (QED) is 0.142. The van der Waals surface area contributed by atoms with Gasteiger partial charge in [0, 0.05) is 24.7 Å². The van der Waals surface area contributed by atoms with Crippen molar-refractivity contribution in [2.24, 2.45) is 23.5 Å². The molecule has 0 aromatic heterocycles. The molecule has 0 spiro atoms. The Balaban J connectivity index is 2.37. The lowest BCUT2D eigenvalue weighted by Crippen LogP contribution is -2.43. The first-order valence-corrected chi connectivity index (χ1v) is 14.3. The highest BCUT2D eigenvalue weighted by Crippen LogP contribution is 2.37. The van der Waals surface area contributed by atoms with Crippen LogP contribution in [-0.4, -0.2) is 41.3 Å². The number of carboxylic acids is 1. The minimum absolute atomic E-state index is 0.0222. The molecule has 3 N–H and O–H groups in total. The van der Waals surface area contributed by atoms with E-state index in [9.17, 15) is 24.3 Å². The molecule has 0 saturated heterocycles. The number of aliphatic carboxylic acids is 1. The number of carboxylic acid groups (broad SMARTS) is 1. The second-order valence-electron chi connectivity index (χ2n) is 11.3. The summed E-state index contributed by atoms with van der Waals surface area (Å²) >= 11 is 0. The van der Waals surface area contributed by atoms with Gasteiger partial charge in [-0.2, -0.15) is 0 Å². The molecule has 0 aliphatic carbocycles. The van der Waals surface area contributed by atoms with Crippen LogP contribution in [0.1, 0.15) is 78.7 Å². The number of ether oxygens (including phenoxy) is 4. The molecule has 2 aromatic carbocycles. The zero-order chi connectivity index (χ0) is 31.4. The van der Waals surface area contributed by atoms with E-state index in [-0.39, 0.29) is 30.3 Å². The van der Waals surface area contributed by atoms with E-state index in [0.29, 0.717) is 30.1 Å². The normalized spacial score (nSPS) is 14.0. The van der Waals surface area contributed by atoms with Crippen LogP contribution in [0.2, 0.25) is 0 Å². The SMILES string of the molecule is CC(C)CCC(=O)Oc1ccc(C(C(C)C(C)OC(=O)Oc2ccccc2)[C@H](N)C(=O)O)cc1OC(=O)CCC(C)C. The van der Waals surface area contributed by atoms with E-state index < -0.39 is 48.0 Å². The van der Waals surface area contributed by atoms with Crippen LogP contribution >= 0.6 is 0 Å². The van der Waals surface area contributed by atoms with E-state index >= 15 is 0 Å². The van der Waals surface area contributed by atoms with Crippen molar-refractivity contribution in [2.45, 2.75) is 85.3 Å². The summed E-state index contributed by atoms with van der Waals surface area (Å²) in [4.78, 5) is 49.6. The Hall–Kier alpha value is -3.92. The van der Waals surface area contributed by atoms with Crippen LogP contribution in [0.15, 0.2) is 48.5 Å². The first-order valence-electron chi connectivity index (χ1n) is 14.3. The predicted molar refractivity (Wildman–Crippen MR) is 156 cm³/mol. The van der Waals surface area contributed by atoms with Crippen molar-refractivity contribution in [3.63, 3.8) is 0 Å². The lowest BCUT2D eigenvalue weighted by Gasteiger charge is -2.31. The maximum absolute atomic E-state index is 12.7. The lowest BCUT2D eigenvalue weighted by molar-refractivity contribution is -0.140. The molecule has 42 heavy (non-hydrogen) atoms. The minimum atomic E-state index is -1.40. The van der Waals surface area contributed by atoms with E-state index in [1.807, 2.05) is 27.7 Å². The molecular formula is C32H43NO9. The molecule has 4 atom stereocenters. The summed E-state index contributed by atoms with van der Waals surface area (Å²) in [6, 6.07) is 11.4. The van der Waals surface area contributed by atoms with E-state index in [1.165, 1.54) is 12.1 Å². The van der Waals surface area contributed by atoms with E-state index in [0.717, 1.165) is 0 Å². The number of para-hydroxylation sites is 1. The van der Waals surface area contributed by atoms with Crippen molar-refractivity contribution in [3.8, 4) is 17.2 Å². The summed E-state index contributed by atoms with van der Waals surface area (Å²) in [6.45, 7) is 11.2. The molecule has 3 unspecified atom stereocenters. The van der Waals surface area contributed by atoms with Gasteiger partial charge < -0.3 is 29.8 Å². The topological polar surface area (TPSA) is 151 Å². The molecule has 0 aliphatic heterocycles. The third-order valence-corrected chi connectivity index (χ3v) is 6.86. The van der Waals surface area contributed by atoms with E-state index in [2.05, 4.69) is 0 Å². The van der Waals surface area contributed by atoms with Crippen LogP contribution < -0.4 is 19.9 Å². The number of nitrogens with two attached hydrogens (primary N) is 1. The fraction of sp³-hybridized carbons (Fsp3) is 0.500. The summed E-state index contributed by atoms with van der Waals surface area (Å²) in [6.07, 6.45) is -0.227. The highest BCUT2D eigenvalue weighted by molar-refractivity contribution is 5.77. The van der Waals surface area contributed by atoms with Gasteiger partial charge in [0.15, 0.2) is 11.5 Å². The summed E-state index contributed by atoms with van der Waals surface area (Å²) < 4.78 is 21.8. The average Bonchev–Trinajstić information content (AvgIpc) is 2.92. The van der Waals surface area contributed by atoms with Crippen LogP contribution in [0.3, 0.4) is 0 Å². The second-order valence-corrected chi connectivity index (χ2v) is 11.3. The van der Waals surface area contributed by atoms with Gasteiger partial charge in [-0.3, -0.25) is 14.4 Å². The first kappa shape index (κ1) is 34.3. The van der Waals surface area contributed by atoms with Crippen LogP contribution in [-0.2, 0) is 19.1 Å². The van der Waals surface area contributed by atoms with Crippen LogP contribution in [0.25, 0.3) is 0 Å². The number of carbonyl (C=O) groups is 4. The molecule has 0 heterocycles. The van der Waals surface area contributed by atoms with Gasteiger partial charge in [0.25, 0.3) is 0 Å². The van der Waals surface area contributed by atoms with Crippen LogP contribution in [0.5, 0.6) is 17.2 Å². The Bertz CT molecular complexity index is 1200. The van der Waals surface area contributed by atoms with Crippen molar-refractivity contribution < 1.29 is 43.2 Å². The third kappa shape index (κ3) is 11.2. The average molecular weight is 586 g/mol. The van der Waals surface area contributed by atoms with E-state index in [1.54, 1.807) is 50.2 Å². The second kappa shape index (κ2) is 16.5. The van der Waals surface area contributed by atoms with Gasteiger partial charge in [0.1, 0.15) is 17.9 Å². The van der Waals surface area contributed by atoms with Crippen LogP contribution in [0.4, 0.5) is 4.79 Å². The number of hydrogen-bond acceptors (Lipinski definition) is 9. The first-order chi connectivity index (χ1) is 19.8. The molecule has 2 rings (SSSR count). The number of benzene rings is 2. The van der Waals surface area contributed by atoms with Gasteiger partial charge in [0.2, 0.25) is 0 Å². The smallest absolute Gasteiger partial charge is 0.480 e. The summed E-state index contributed by atoms with van der Waals surface area (Å²) in [7, 11) is 0. The molecule has 10 heteroatoms. The van der Waals surface area contributed by atoms with Gasteiger partial charge >= 0.3 is 24.1 Å². The fourth-order valence-corrected chi connectivity index (χ4v) is 4.21. The Morgan fingerprint density at radius 2 is 1.31 bits per heavy atom. The molecule has 0 saturated carbocycles. The molecule has 0 bridgehead atoms. The van der Waals surface area contributed by atoms with Gasteiger partial charge in [-0.1, -0.05) is 58.9 Å². The van der Waals surface area contributed by atoms with Crippen LogP contribution in [0, 0.1) is 17.8 Å². The molecule has 2 aromatic rings. The molecule has 10 nitrogen and oxygen atoms in total. The van der Waals surface area contributed by atoms with E-state index in [4.69, 9.17) is 24.7 Å². The van der Waals surface area contributed by atoms with Gasteiger partial charge in [-0.25, -0.2) is 4.79 Å². The molecule has 0 fully saturated rings. The van der Waals surface area contributed by atoms with Crippen molar-refractivity contribution >= 4 is 24.1 Å². The summed E-state index contributed by atoms with van der Waals surface area (Å²) in [5.41, 5.74) is 6.54. The Morgan fingerprint density at radius 3 is 1.83 bits per heavy atom. The van der Waals surface area contributed by atoms with Gasteiger partial charge in [-0.05, 0) is 61.4 Å². The maximum atomic E-state index is 12.7. The van der Waals surface area contributed by atoms with Crippen molar-refractivity contribution in [1.82, 2.24) is 0 Å². The summed E-state index contributed by atoms with van der Waals surface area (Å²) in [5, 5.41) is 9.82. The third-order valence-electron chi connectivity index (χ3n) is 6.86. The number of rotatable bonds is 15. The zero-order valence-corrected chi connectivity index (χ0v) is 25.2. The van der Waals surface area contributed by atoms with Crippen molar-refractivity contribution in [2.75, 3.05) is 0 Å². The standard InChI is InChI=1S/C32H43NO9/c1-19(2)12-16-27(34)41-25-15-14-23(18-26(25)42-28(35)17-13-20(3)4)29(30(33)31(36)37)21(5)22(6)39-32(38)40-24-10-8-7-9-11-24/h7-11,14-15,18-22,29-30H,12-13,16-17,33H2,1-6H3,(H,36,37)/t21?,22?,29?,30-/m0/s1. The van der Waals surface area contributed by atoms with Gasteiger partial charge in [0.05, 0.1) is 0 Å². The monoisotopic (exact) mass is 585 g/mol. The summed E-state index contributed by atoms with van der Waals surface area (Å²) in [5.74, 6) is -2.91. The largest absolute Gasteiger partial charge is 0.514 e. The Labute approximate surface area is 247 Å². The lowest BCUT2D eigenvalue weighted by atomic mass is 9.79. The molecule has 0 radical (unpaired) electrons. The number of hydrogen-bond donors (Lipinski definition) is 2. The zero-order valence-electron chi connectivity index (χ0n) is 25.2. The maximum Gasteiger partial charge on any atom is 0.514 e. The highest BCUT2D eigenvalue weighted by Gasteiger charge is 2.36. The van der Waals surface area contributed by atoms with Gasteiger partial charge in [-0.15, -0.1) is 0 Å².